The normalized spacial score (nSPS) is 15.0. The van der Waals surface area contributed by atoms with Crippen molar-refractivity contribution >= 4 is 24.7 Å². The lowest BCUT2D eigenvalue weighted by Crippen LogP contribution is -2.45. The van der Waals surface area contributed by atoms with E-state index in [2.05, 4.69) is 5.32 Å². The second kappa shape index (κ2) is 11.9. The summed E-state index contributed by atoms with van der Waals surface area (Å²) in [5, 5.41) is 2.76. The molecule has 2 aromatic carbocycles. The molecule has 0 aliphatic carbocycles. The van der Waals surface area contributed by atoms with Crippen molar-refractivity contribution in [3.8, 4) is 0 Å². The Hall–Kier alpha value is -2.77. The van der Waals surface area contributed by atoms with Crippen molar-refractivity contribution in [1.82, 2.24) is 10.2 Å². The van der Waals surface area contributed by atoms with Crippen molar-refractivity contribution in [2.24, 2.45) is 0 Å². The zero-order valence-corrected chi connectivity index (χ0v) is 19.8. The van der Waals surface area contributed by atoms with Gasteiger partial charge in [0.2, 0.25) is 0 Å². The van der Waals surface area contributed by atoms with Crippen molar-refractivity contribution in [3.05, 3.63) is 77.5 Å². The van der Waals surface area contributed by atoms with Crippen LogP contribution in [0.3, 0.4) is 0 Å². The van der Waals surface area contributed by atoms with Crippen molar-refractivity contribution in [2.45, 2.75) is 13.8 Å². The predicted octanol–water partition coefficient (Wildman–Crippen LogP) is 3.91. The minimum Gasteiger partial charge on any atom is -0.378 e. The van der Waals surface area contributed by atoms with Crippen LogP contribution < -0.4 is 5.32 Å². The molecule has 0 spiro atoms. The smallest absolute Gasteiger partial charge is 0.364 e. The number of carbonyl (C=O) groups excluding carboxylic acids is 2. The van der Waals surface area contributed by atoms with Gasteiger partial charge in [0, 0.05) is 18.7 Å². The number of carbonyl (C=O) groups is 2. The Morgan fingerprint density at radius 3 is 1.94 bits per heavy atom. The fourth-order valence-electron chi connectivity index (χ4n) is 3.46. The van der Waals surface area contributed by atoms with E-state index >= 15 is 0 Å². The third kappa shape index (κ3) is 6.18. The maximum atomic E-state index is 14.0. The molecule has 1 saturated heterocycles. The highest BCUT2D eigenvalue weighted by atomic mass is 31.2. The van der Waals surface area contributed by atoms with Gasteiger partial charge in [0.05, 0.1) is 26.4 Å². The topological polar surface area (TPSA) is 94.2 Å². The second-order valence-electron chi connectivity index (χ2n) is 7.15. The number of hydrogen-bond acceptors (Lipinski definition) is 6. The van der Waals surface area contributed by atoms with Crippen LogP contribution in [0.2, 0.25) is 0 Å². The summed E-state index contributed by atoms with van der Waals surface area (Å²) >= 11 is 0. The zero-order valence-electron chi connectivity index (χ0n) is 18.9. The number of hydrogen-bond donors (Lipinski definition) is 1. The van der Waals surface area contributed by atoms with Crippen LogP contribution in [0.15, 0.2) is 66.4 Å². The molecule has 2 aromatic rings. The SMILES string of the molecule is CCOP(=O)(OCC)/C(=C(/NC(=O)c1ccccc1)C(=O)N1CCOCC1)c1ccccc1. The van der Waals surface area contributed by atoms with Crippen molar-refractivity contribution < 1.29 is 27.9 Å². The van der Waals surface area contributed by atoms with E-state index in [-0.39, 0.29) is 24.2 Å². The van der Waals surface area contributed by atoms with E-state index < -0.39 is 19.4 Å². The second-order valence-corrected chi connectivity index (χ2v) is 9.11. The number of ether oxygens (including phenoxy) is 1. The maximum absolute atomic E-state index is 14.0. The maximum Gasteiger partial charge on any atom is 0.364 e. The van der Waals surface area contributed by atoms with Gasteiger partial charge in [-0.25, -0.2) is 0 Å². The van der Waals surface area contributed by atoms with Gasteiger partial charge in [0.1, 0.15) is 11.0 Å². The fraction of sp³-hybridized carbons (Fsp3) is 0.333. The molecule has 33 heavy (non-hydrogen) atoms. The molecule has 0 bridgehead atoms. The van der Waals surface area contributed by atoms with E-state index in [4.69, 9.17) is 13.8 Å². The van der Waals surface area contributed by atoms with Crippen LogP contribution in [0.1, 0.15) is 29.8 Å². The molecule has 0 saturated carbocycles. The summed E-state index contributed by atoms with van der Waals surface area (Å²) < 4.78 is 30.6. The minimum atomic E-state index is -3.97. The molecule has 1 aliphatic rings. The number of morpholine rings is 1. The lowest BCUT2D eigenvalue weighted by Gasteiger charge is -2.30. The van der Waals surface area contributed by atoms with E-state index in [1.807, 2.05) is 0 Å². The molecule has 0 radical (unpaired) electrons. The number of benzene rings is 2. The average molecular weight is 472 g/mol. The number of nitrogens with one attached hydrogen (secondary N) is 1. The first kappa shape index (κ1) is 24.9. The van der Waals surface area contributed by atoms with Gasteiger partial charge in [-0.05, 0) is 31.5 Å². The predicted molar refractivity (Wildman–Crippen MR) is 126 cm³/mol. The molecule has 0 atom stereocenters. The van der Waals surface area contributed by atoms with Crippen molar-refractivity contribution in [1.29, 1.82) is 0 Å². The molecule has 1 heterocycles. The van der Waals surface area contributed by atoms with Gasteiger partial charge < -0.3 is 24.0 Å². The Labute approximate surface area is 194 Å². The molecule has 1 N–H and O–H groups in total. The third-order valence-corrected chi connectivity index (χ3v) is 7.17. The molecule has 3 rings (SSSR count). The highest BCUT2D eigenvalue weighted by Gasteiger charge is 2.38. The Morgan fingerprint density at radius 1 is 0.909 bits per heavy atom. The molecular weight excluding hydrogens is 443 g/mol. The van der Waals surface area contributed by atoms with Gasteiger partial charge in [-0.1, -0.05) is 48.5 Å². The van der Waals surface area contributed by atoms with Gasteiger partial charge in [-0.3, -0.25) is 14.2 Å². The number of nitrogens with zero attached hydrogens (tertiary/aromatic N) is 1. The van der Waals surface area contributed by atoms with Crippen LogP contribution in [0.25, 0.3) is 5.31 Å². The summed E-state index contributed by atoms with van der Waals surface area (Å²) in [7, 11) is -3.97. The van der Waals surface area contributed by atoms with Crippen molar-refractivity contribution in [3.63, 3.8) is 0 Å². The highest BCUT2D eigenvalue weighted by molar-refractivity contribution is 7.65. The summed E-state index contributed by atoms with van der Waals surface area (Å²) in [6.45, 7) is 5.03. The Morgan fingerprint density at radius 2 is 1.42 bits per heavy atom. The van der Waals surface area contributed by atoms with Crippen LogP contribution >= 0.6 is 7.60 Å². The standard InChI is InChI=1S/C24H29N2O6P/c1-3-31-33(29,32-4-2)22(19-11-7-5-8-12-19)21(24(28)26-15-17-30-18-16-26)25-23(27)20-13-9-6-10-14-20/h5-14H,3-4,15-18H2,1-2H3,(H,25,27)/b22-21+. The molecule has 9 heteroatoms. The zero-order chi connectivity index (χ0) is 23.7. The molecule has 1 fully saturated rings. The first-order chi connectivity index (χ1) is 16.0. The van der Waals surface area contributed by atoms with Gasteiger partial charge in [0.25, 0.3) is 11.8 Å². The summed E-state index contributed by atoms with van der Waals surface area (Å²) in [5.41, 5.74) is 0.703. The van der Waals surface area contributed by atoms with Crippen LogP contribution in [0.4, 0.5) is 0 Å². The Balaban J connectivity index is 2.21. The van der Waals surface area contributed by atoms with Gasteiger partial charge in [0.15, 0.2) is 0 Å². The largest absolute Gasteiger partial charge is 0.378 e. The number of amides is 2. The molecule has 2 amide bonds. The van der Waals surface area contributed by atoms with Crippen LogP contribution in [0.5, 0.6) is 0 Å². The molecule has 8 nitrogen and oxygen atoms in total. The highest BCUT2D eigenvalue weighted by Crippen LogP contribution is 2.61. The molecular formula is C24H29N2O6P. The van der Waals surface area contributed by atoms with Crippen LogP contribution in [-0.2, 0) is 23.1 Å². The van der Waals surface area contributed by atoms with Crippen LogP contribution in [-0.4, -0.2) is 56.2 Å². The average Bonchev–Trinajstić information content (AvgIpc) is 2.85. The third-order valence-electron chi connectivity index (χ3n) is 4.94. The van der Waals surface area contributed by atoms with E-state index in [0.717, 1.165) is 0 Å². The van der Waals surface area contributed by atoms with E-state index in [1.165, 1.54) is 0 Å². The van der Waals surface area contributed by atoms with Gasteiger partial charge >= 0.3 is 7.60 Å². The Kier molecular flexibility index (Phi) is 8.97. The summed E-state index contributed by atoms with van der Waals surface area (Å²) in [6.07, 6.45) is 0. The fourth-order valence-corrected chi connectivity index (χ4v) is 5.36. The van der Waals surface area contributed by atoms with Gasteiger partial charge in [-0.2, -0.15) is 0 Å². The monoisotopic (exact) mass is 472 g/mol. The molecule has 0 unspecified atom stereocenters. The molecule has 1 aliphatic heterocycles. The first-order valence-electron chi connectivity index (χ1n) is 10.9. The lowest BCUT2D eigenvalue weighted by atomic mass is 10.1. The molecule has 0 aromatic heterocycles. The van der Waals surface area contributed by atoms with E-state index in [1.54, 1.807) is 79.4 Å². The van der Waals surface area contributed by atoms with E-state index in [0.29, 0.717) is 37.4 Å². The summed E-state index contributed by atoms with van der Waals surface area (Å²) in [6, 6.07) is 17.3. The lowest BCUT2D eigenvalue weighted by molar-refractivity contribution is -0.131. The first-order valence-corrected chi connectivity index (χ1v) is 12.5. The molecule has 176 valence electrons. The summed E-state index contributed by atoms with van der Waals surface area (Å²) in [5.74, 6) is -0.971. The van der Waals surface area contributed by atoms with Crippen LogP contribution in [0, 0.1) is 0 Å². The summed E-state index contributed by atoms with van der Waals surface area (Å²) in [4.78, 5) is 28.4. The van der Waals surface area contributed by atoms with E-state index in [9.17, 15) is 14.2 Å². The quantitative estimate of drug-likeness (QED) is 0.439. The number of rotatable bonds is 9. The van der Waals surface area contributed by atoms with Crippen molar-refractivity contribution in [2.75, 3.05) is 39.5 Å². The minimum absolute atomic E-state index is 0.0348. The Bertz CT molecular complexity index is 1010. The van der Waals surface area contributed by atoms with Gasteiger partial charge in [-0.15, -0.1) is 0 Å².